The molecule has 1 N–H and O–H groups in total. The van der Waals surface area contributed by atoms with Crippen molar-refractivity contribution in [1.82, 2.24) is 4.90 Å². The van der Waals surface area contributed by atoms with Gasteiger partial charge in [-0.05, 0) is 87.2 Å². The quantitative estimate of drug-likeness (QED) is 0.366. The van der Waals surface area contributed by atoms with Crippen molar-refractivity contribution in [2.24, 2.45) is 4.99 Å². The van der Waals surface area contributed by atoms with E-state index in [1.807, 2.05) is 74.8 Å². The molecule has 5 rings (SSSR count). The molecule has 0 aromatic heterocycles. The fourth-order valence-electron chi connectivity index (χ4n) is 4.72. The number of nitrogens with one attached hydrogen (secondary N) is 1. The summed E-state index contributed by atoms with van der Waals surface area (Å²) in [6, 6.07) is 18.9. The molecule has 2 amide bonds. The molecule has 8 nitrogen and oxygen atoms in total. The lowest BCUT2D eigenvalue weighted by molar-refractivity contribution is -0.117. The molecule has 1 unspecified atom stereocenters. The van der Waals surface area contributed by atoms with Crippen LogP contribution in [0.25, 0.3) is 0 Å². The summed E-state index contributed by atoms with van der Waals surface area (Å²) in [4.78, 5) is 34.4. The third-order valence-corrected chi connectivity index (χ3v) is 7.06. The van der Waals surface area contributed by atoms with Crippen molar-refractivity contribution in [3.63, 3.8) is 0 Å². The molecule has 0 fully saturated rings. The minimum Gasteiger partial charge on any atom is -0.454 e. The van der Waals surface area contributed by atoms with Crippen molar-refractivity contribution in [2.75, 3.05) is 44.2 Å². The second kappa shape index (κ2) is 11.0. The number of carbonyl (C=O) groups excluding carboxylic acids is 2. The highest BCUT2D eigenvalue weighted by molar-refractivity contribution is 9.10. The number of fused-ring (bicyclic) bond motifs is 2. The normalized spacial score (nSPS) is 16.0. The Morgan fingerprint density at radius 3 is 2.53 bits per heavy atom. The summed E-state index contributed by atoms with van der Waals surface area (Å²) >= 11 is 3.48. The van der Waals surface area contributed by atoms with Crippen LogP contribution in [0, 0.1) is 0 Å². The van der Waals surface area contributed by atoms with E-state index in [0.717, 1.165) is 39.9 Å². The number of amides is 2. The van der Waals surface area contributed by atoms with Gasteiger partial charge in [-0.2, -0.15) is 0 Å². The van der Waals surface area contributed by atoms with Crippen LogP contribution < -0.4 is 19.7 Å². The van der Waals surface area contributed by atoms with Gasteiger partial charge in [0.1, 0.15) is 5.92 Å². The van der Waals surface area contributed by atoms with Crippen molar-refractivity contribution < 1.29 is 19.1 Å². The summed E-state index contributed by atoms with van der Waals surface area (Å²) in [5.41, 5.74) is 4.47. The largest absolute Gasteiger partial charge is 0.454 e. The van der Waals surface area contributed by atoms with Gasteiger partial charge in [-0.1, -0.05) is 22.0 Å². The Balaban J connectivity index is 1.51. The van der Waals surface area contributed by atoms with Crippen molar-refractivity contribution >= 4 is 50.5 Å². The highest BCUT2D eigenvalue weighted by atomic mass is 79.9. The maximum absolute atomic E-state index is 13.2. The minimum absolute atomic E-state index is 0.00792. The van der Waals surface area contributed by atoms with Crippen LogP contribution in [0.5, 0.6) is 11.5 Å². The summed E-state index contributed by atoms with van der Waals surface area (Å²) in [6.07, 6.45) is 0.868. The lowest BCUT2D eigenvalue weighted by Gasteiger charge is -2.22. The van der Waals surface area contributed by atoms with Gasteiger partial charge in [0.15, 0.2) is 11.5 Å². The predicted octanol–water partition coefficient (Wildman–Crippen LogP) is 5.34. The van der Waals surface area contributed by atoms with Crippen LogP contribution in [0.2, 0.25) is 0 Å². The average Bonchev–Trinajstić information content (AvgIpc) is 3.48. The molecule has 2 aliphatic rings. The molecule has 3 aromatic carbocycles. The van der Waals surface area contributed by atoms with E-state index in [9.17, 15) is 9.59 Å². The van der Waals surface area contributed by atoms with Crippen molar-refractivity contribution in [3.8, 4) is 11.5 Å². The van der Waals surface area contributed by atoms with E-state index in [1.165, 1.54) is 0 Å². The zero-order chi connectivity index (χ0) is 26.8. The molecule has 0 bridgehead atoms. The predicted molar refractivity (Wildman–Crippen MR) is 152 cm³/mol. The summed E-state index contributed by atoms with van der Waals surface area (Å²) in [7, 11) is 4.04. The first kappa shape index (κ1) is 25.9. The molecule has 2 heterocycles. The van der Waals surface area contributed by atoms with E-state index in [2.05, 4.69) is 26.1 Å². The topological polar surface area (TPSA) is 83.5 Å². The van der Waals surface area contributed by atoms with Gasteiger partial charge >= 0.3 is 0 Å². The van der Waals surface area contributed by atoms with Crippen LogP contribution in [-0.4, -0.2) is 56.4 Å². The first-order chi connectivity index (χ1) is 18.3. The standard InChI is InChI=1S/C29H29BrN4O4/c1-18(35)34(14-4-13-33(2)3)22-9-7-21(8-10-22)31-28(19-5-12-25-26(15-19)38-17-37-25)27-23-11-6-20(30)16-24(23)32-29(27)36/h5-12,15-16,27H,4,13-14,17H2,1-3H3,(H,32,36). The second-order valence-electron chi connectivity index (χ2n) is 9.56. The molecule has 196 valence electrons. The van der Waals surface area contributed by atoms with Gasteiger partial charge in [0.05, 0.1) is 11.4 Å². The number of hydrogen-bond acceptors (Lipinski definition) is 6. The van der Waals surface area contributed by atoms with Crippen molar-refractivity contribution in [3.05, 3.63) is 76.3 Å². The Morgan fingerprint density at radius 1 is 1.03 bits per heavy atom. The van der Waals surface area contributed by atoms with Gasteiger partial charge in [0.2, 0.25) is 18.6 Å². The van der Waals surface area contributed by atoms with Crippen LogP contribution >= 0.6 is 15.9 Å². The Morgan fingerprint density at radius 2 is 1.79 bits per heavy atom. The Labute approximate surface area is 230 Å². The van der Waals surface area contributed by atoms with Gasteiger partial charge in [0.25, 0.3) is 0 Å². The van der Waals surface area contributed by atoms with E-state index in [4.69, 9.17) is 14.5 Å². The maximum Gasteiger partial charge on any atom is 0.238 e. The molecule has 0 spiro atoms. The highest BCUT2D eigenvalue weighted by Crippen LogP contribution is 2.40. The molecule has 3 aromatic rings. The number of rotatable bonds is 8. The molecule has 9 heteroatoms. The number of nitrogens with zero attached hydrogens (tertiary/aromatic N) is 3. The first-order valence-corrected chi connectivity index (χ1v) is 13.2. The van der Waals surface area contributed by atoms with Gasteiger partial charge in [-0.25, -0.2) is 0 Å². The van der Waals surface area contributed by atoms with Gasteiger partial charge in [0, 0.05) is 34.9 Å². The Hall–Kier alpha value is -3.69. The molecule has 0 saturated heterocycles. The zero-order valence-corrected chi connectivity index (χ0v) is 23.1. The number of aliphatic imine (C=N–C) groups is 1. The Kier molecular flexibility index (Phi) is 7.49. The fraction of sp³-hybridized carbons (Fsp3) is 0.276. The second-order valence-corrected chi connectivity index (χ2v) is 10.5. The molecule has 0 saturated carbocycles. The fourth-order valence-corrected chi connectivity index (χ4v) is 5.08. The molecule has 1 atom stereocenters. The zero-order valence-electron chi connectivity index (χ0n) is 21.5. The van der Waals surface area contributed by atoms with Gasteiger partial charge in [-0.3, -0.25) is 14.6 Å². The average molecular weight is 577 g/mol. The van der Waals surface area contributed by atoms with Crippen LogP contribution in [0.4, 0.5) is 17.1 Å². The van der Waals surface area contributed by atoms with Gasteiger partial charge in [-0.15, -0.1) is 0 Å². The van der Waals surface area contributed by atoms with E-state index in [1.54, 1.807) is 11.8 Å². The van der Waals surface area contributed by atoms with Crippen LogP contribution in [-0.2, 0) is 9.59 Å². The van der Waals surface area contributed by atoms with Crippen molar-refractivity contribution in [1.29, 1.82) is 0 Å². The lowest BCUT2D eigenvalue weighted by atomic mass is 9.90. The minimum atomic E-state index is -0.599. The van der Waals surface area contributed by atoms with Crippen LogP contribution in [0.3, 0.4) is 0 Å². The first-order valence-electron chi connectivity index (χ1n) is 12.4. The molecule has 0 radical (unpaired) electrons. The van der Waals surface area contributed by atoms with Gasteiger partial charge < -0.3 is 24.6 Å². The molecule has 0 aliphatic carbocycles. The summed E-state index contributed by atoms with van der Waals surface area (Å²) in [5, 5.41) is 2.99. The smallest absolute Gasteiger partial charge is 0.238 e. The number of ether oxygens (including phenoxy) is 2. The maximum atomic E-state index is 13.2. The number of anilines is 2. The lowest BCUT2D eigenvalue weighted by Crippen LogP contribution is -2.31. The third-order valence-electron chi connectivity index (χ3n) is 6.57. The van der Waals surface area contributed by atoms with E-state index >= 15 is 0 Å². The number of hydrogen-bond donors (Lipinski definition) is 1. The number of benzene rings is 3. The molecular formula is C29H29BrN4O4. The van der Waals surface area contributed by atoms with E-state index in [-0.39, 0.29) is 18.6 Å². The van der Waals surface area contributed by atoms with Crippen LogP contribution in [0.15, 0.2) is 70.1 Å². The molecule has 2 aliphatic heterocycles. The highest BCUT2D eigenvalue weighted by Gasteiger charge is 2.36. The molecular weight excluding hydrogens is 548 g/mol. The van der Waals surface area contributed by atoms with E-state index < -0.39 is 5.92 Å². The Bertz CT molecular complexity index is 1400. The third kappa shape index (κ3) is 5.44. The summed E-state index contributed by atoms with van der Waals surface area (Å²) < 4.78 is 12.0. The van der Waals surface area contributed by atoms with Crippen LogP contribution in [0.1, 0.15) is 30.4 Å². The summed E-state index contributed by atoms with van der Waals surface area (Å²) in [5.74, 6) is 0.533. The number of carbonyl (C=O) groups is 2. The molecule has 38 heavy (non-hydrogen) atoms. The van der Waals surface area contributed by atoms with E-state index in [0.29, 0.717) is 29.4 Å². The number of halogens is 1. The SMILES string of the molecule is CC(=O)N(CCCN(C)C)c1ccc(N=C(c2ccc3c(c2)OCO3)C2C(=O)Nc3cc(Br)ccc32)cc1. The van der Waals surface area contributed by atoms with Crippen molar-refractivity contribution in [2.45, 2.75) is 19.3 Å². The summed E-state index contributed by atoms with van der Waals surface area (Å²) in [6.45, 7) is 3.27. The monoisotopic (exact) mass is 576 g/mol.